The van der Waals surface area contributed by atoms with Gasteiger partial charge >= 0.3 is 0 Å². The van der Waals surface area contributed by atoms with Crippen molar-refractivity contribution >= 4 is 21.8 Å². The summed E-state index contributed by atoms with van der Waals surface area (Å²) in [4.78, 5) is 13.9. The van der Waals surface area contributed by atoms with Crippen LogP contribution in [0.4, 0.5) is 0 Å². The SMILES string of the molecule is CCC(C)CN(CC)Cc1ccc(C(=O)NN)cc1Br. The van der Waals surface area contributed by atoms with Crippen molar-refractivity contribution < 1.29 is 4.79 Å². The fourth-order valence-electron chi connectivity index (χ4n) is 2.02. The maximum Gasteiger partial charge on any atom is 0.265 e. The molecule has 0 bridgehead atoms. The molecule has 1 rings (SSSR count). The van der Waals surface area contributed by atoms with Gasteiger partial charge in [-0.25, -0.2) is 5.84 Å². The van der Waals surface area contributed by atoms with Gasteiger partial charge in [0, 0.05) is 23.1 Å². The Kier molecular flexibility index (Phi) is 7.19. The van der Waals surface area contributed by atoms with Crippen molar-refractivity contribution in [1.82, 2.24) is 10.3 Å². The Morgan fingerprint density at radius 2 is 2.15 bits per heavy atom. The van der Waals surface area contributed by atoms with Crippen LogP contribution in [0.25, 0.3) is 0 Å². The van der Waals surface area contributed by atoms with Crippen molar-refractivity contribution in [1.29, 1.82) is 0 Å². The highest BCUT2D eigenvalue weighted by Gasteiger charge is 2.12. The largest absolute Gasteiger partial charge is 0.299 e. The number of hydrogen-bond acceptors (Lipinski definition) is 3. The Balaban J connectivity index is 2.78. The number of nitrogen functional groups attached to an aromatic ring is 1. The number of carbonyl (C=O) groups excluding carboxylic acids is 1. The molecule has 0 spiro atoms. The zero-order valence-corrected chi connectivity index (χ0v) is 14.0. The van der Waals surface area contributed by atoms with E-state index in [2.05, 4.69) is 47.0 Å². The minimum Gasteiger partial charge on any atom is -0.299 e. The molecular weight excluding hydrogens is 318 g/mol. The topological polar surface area (TPSA) is 58.4 Å². The lowest BCUT2D eigenvalue weighted by Gasteiger charge is -2.24. The summed E-state index contributed by atoms with van der Waals surface area (Å²) in [5, 5.41) is 0. The number of halogens is 1. The number of hydrogen-bond donors (Lipinski definition) is 2. The predicted molar refractivity (Wildman–Crippen MR) is 86.2 cm³/mol. The summed E-state index contributed by atoms with van der Waals surface area (Å²) in [6.45, 7) is 9.64. The maximum absolute atomic E-state index is 11.5. The number of carbonyl (C=O) groups is 1. The molecule has 20 heavy (non-hydrogen) atoms. The quantitative estimate of drug-likeness (QED) is 0.455. The summed E-state index contributed by atoms with van der Waals surface area (Å²) in [7, 11) is 0. The van der Waals surface area contributed by atoms with E-state index in [-0.39, 0.29) is 5.91 Å². The second-order valence-corrected chi connectivity index (χ2v) is 5.98. The molecule has 5 heteroatoms. The van der Waals surface area contributed by atoms with Gasteiger partial charge in [0.25, 0.3) is 5.91 Å². The average molecular weight is 342 g/mol. The van der Waals surface area contributed by atoms with Crippen molar-refractivity contribution in [2.45, 2.75) is 33.7 Å². The van der Waals surface area contributed by atoms with Crippen molar-refractivity contribution in [3.8, 4) is 0 Å². The molecule has 0 aliphatic rings. The van der Waals surface area contributed by atoms with Crippen LogP contribution >= 0.6 is 15.9 Å². The van der Waals surface area contributed by atoms with Gasteiger partial charge in [-0.2, -0.15) is 0 Å². The number of nitrogens with one attached hydrogen (secondary N) is 1. The van der Waals surface area contributed by atoms with Crippen molar-refractivity contribution in [2.75, 3.05) is 13.1 Å². The normalized spacial score (nSPS) is 12.5. The maximum atomic E-state index is 11.5. The summed E-state index contributed by atoms with van der Waals surface area (Å²) in [6, 6.07) is 5.60. The van der Waals surface area contributed by atoms with Gasteiger partial charge in [-0.15, -0.1) is 0 Å². The lowest BCUT2D eigenvalue weighted by molar-refractivity contribution is 0.0953. The Hall–Kier alpha value is -0.910. The van der Waals surface area contributed by atoms with Crippen LogP contribution < -0.4 is 11.3 Å². The Bertz CT molecular complexity index is 451. The van der Waals surface area contributed by atoms with Crippen molar-refractivity contribution in [2.24, 2.45) is 11.8 Å². The zero-order valence-electron chi connectivity index (χ0n) is 12.4. The standard InChI is InChI=1S/C15H24BrN3O/c1-4-11(3)9-19(5-2)10-13-7-6-12(8-14(13)16)15(20)18-17/h6-8,11H,4-5,9-10,17H2,1-3H3,(H,18,20). The van der Waals surface area contributed by atoms with Gasteiger partial charge in [0.15, 0.2) is 0 Å². The molecule has 0 aromatic heterocycles. The Labute approximate surface area is 129 Å². The lowest BCUT2D eigenvalue weighted by atomic mass is 10.1. The molecule has 0 aliphatic heterocycles. The summed E-state index contributed by atoms with van der Waals surface area (Å²) >= 11 is 3.54. The molecule has 1 aromatic rings. The van der Waals surface area contributed by atoms with E-state index in [0.717, 1.165) is 24.1 Å². The first-order valence-corrected chi connectivity index (χ1v) is 7.82. The molecule has 1 unspecified atom stereocenters. The van der Waals surface area contributed by atoms with Crippen LogP contribution in [0.5, 0.6) is 0 Å². The fourth-order valence-corrected chi connectivity index (χ4v) is 2.52. The highest BCUT2D eigenvalue weighted by atomic mass is 79.9. The smallest absolute Gasteiger partial charge is 0.265 e. The van der Waals surface area contributed by atoms with Gasteiger partial charge in [-0.1, -0.05) is 49.2 Å². The predicted octanol–water partition coefficient (Wildman–Crippen LogP) is 2.92. The first-order chi connectivity index (χ1) is 9.51. The molecule has 0 aliphatic carbocycles. The number of amides is 1. The second kappa shape index (κ2) is 8.39. The summed E-state index contributed by atoms with van der Waals surface area (Å²) in [5.41, 5.74) is 3.89. The molecule has 3 N–H and O–H groups in total. The monoisotopic (exact) mass is 341 g/mol. The van der Waals surface area contributed by atoms with Crippen LogP contribution in [-0.2, 0) is 6.54 Å². The van der Waals surface area contributed by atoms with Crippen LogP contribution in [0.15, 0.2) is 22.7 Å². The van der Waals surface area contributed by atoms with Gasteiger partial charge in [0.1, 0.15) is 0 Å². The Morgan fingerprint density at radius 1 is 1.45 bits per heavy atom. The van der Waals surface area contributed by atoms with E-state index in [9.17, 15) is 4.79 Å². The molecular formula is C15H24BrN3O. The van der Waals surface area contributed by atoms with E-state index in [1.165, 1.54) is 12.0 Å². The van der Waals surface area contributed by atoms with Gasteiger partial charge in [0.05, 0.1) is 0 Å². The molecule has 0 heterocycles. The van der Waals surface area contributed by atoms with E-state index in [1.54, 1.807) is 6.07 Å². The molecule has 0 saturated carbocycles. The second-order valence-electron chi connectivity index (χ2n) is 5.12. The minimum absolute atomic E-state index is 0.274. The number of hydrazine groups is 1. The van der Waals surface area contributed by atoms with Gasteiger partial charge in [0.2, 0.25) is 0 Å². The van der Waals surface area contributed by atoms with E-state index in [4.69, 9.17) is 5.84 Å². The highest BCUT2D eigenvalue weighted by molar-refractivity contribution is 9.10. The van der Waals surface area contributed by atoms with Crippen LogP contribution in [0.2, 0.25) is 0 Å². The third-order valence-electron chi connectivity index (χ3n) is 3.55. The number of nitrogens with zero attached hydrogens (tertiary/aromatic N) is 1. The minimum atomic E-state index is -0.274. The summed E-state index contributed by atoms with van der Waals surface area (Å²) in [6.07, 6.45) is 1.19. The lowest BCUT2D eigenvalue weighted by Crippen LogP contribution is -2.30. The van der Waals surface area contributed by atoms with Crippen LogP contribution in [-0.4, -0.2) is 23.9 Å². The molecule has 0 saturated heterocycles. The third-order valence-corrected chi connectivity index (χ3v) is 4.29. The molecule has 1 amide bonds. The van der Waals surface area contributed by atoms with Gasteiger partial charge < -0.3 is 0 Å². The first kappa shape index (κ1) is 17.1. The van der Waals surface area contributed by atoms with Gasteiger partial charge in [-0.05, 0) is 30.2 Å². The fraction of sp³-hybridized carbons (Fsp3) is 0.533. The van der Waals surface area contributed by atoms with Crippen LogP contribution in [0, 0.1) is 5.92 Å². The van der Waals surface area contributed by atoms with E-state index >= 15 is 0 Å². The first-order valence-electron chi connectivity index (χ1n) is 7.03. The third kappa shape index (κ3) is 4.89. The number of rotatable bonds is 7. The van der Waals surface area contributed by atoms with E-state index in [0.29, 0.717) is 11.5 Å². The van der Waals surface area contributed by atoms with Crippen LogP contribution in [0.1, 0.15) is 43.1 Å². The number of nitrogens with two attached hydrogens (primary N) is 1. The van der Waals surface area contributed by atoms with Crippen LogP contribution in [0.3, 0.4) is 0 Å². The van der Waals surface area contributed by atoms with Crippen molar-refractivity contribution in [3.05, 3.63) is 33.8 Å². The molecule has 1 aromatic carbocycles. The summed E-state index contributed by atoms with van der Waals surface area (Å²) in [5.74, 6) is 5.56. The molecule has 0 fully saturated rings. The molecule has 1 atom stereocenters. The van der Waals surface area contributed by atoms with E-state index in [1.807, 2.05) is 12.1 Å². The Morgan fingerprint density at radius 3 is 2.65 bits per heavy atom. The zero-order chi connectivity index (χ0) is 15.1. The number of benzene rings is 1. The van der Waals surface area contributed by atoms with Gasteiger partial charge in [-0.3, -0.25) is 15.1 Å². The average Bonchev–Trinajstić information content (AvgIpc) is 2.47. The molecule has 4 nitrogen and oxygen atoms in total. The summed E-state index contributed by atoms with van der Waals surface area (Å²) < 4.78 is 0.946. The van der Waals surface area contributed by atoms with E-state index < -0.39 is 0 Å². The van der Waals surface area contributed by atoms with Crippen molar-refractivity contribution in [3.63, 3.8) is 0 Å². The molecule has 112 valence electrons. The molecule has 0 radical (unpaired) electrons. The highest BCUT2D eigenvalue weighted by Crippen LogP contribution is 2.21.